The van der Waals surface area contributed by atoms with Crippen LogP contribution in [0, 0.1) is 5.41 Å². The van der Waals surface area contributed by atoms with E-state index in [2.05, 4.69) is 24.3 Å². The number of carboxylic acid groups (broad SMARTS) is 1. The molecular weight excluding hydrogens is 242 g/mol. The maximum absolute atomic E-state index is 11.4. The summed E-state index contributed by atoms with van der Waals surface area (Å²) in [5, 5.41) is 16.9. The molecule has 1 aromatic rings. The van der Waals surface area contributed by atoms with E-state index >= 15 is 0 Å². The summed E-state index contributed by atoms with van der Waals surface area (Å²) in [5.41, 5.74) is 0.425. The zero-order valence-electron chi connectivity index (χ0n) is 12.3. The van der Waals surface area contributed by atoms with Crippen molar-refractivity contribution in [1.82, 2.24) is 15.1 Å². The smallest absolute Gasteiger partial charge is 0.310 e. The fourth-order valence-electron chi connectivity index (χ4n) is 2.08. The van der Waals surface area contributed by atoms with E-state index in [4.69, 9.17) is 0 Å². The largest absolute Gasteiger partial charge is 0.481 e. The number of hydrogen-bond acceptors (Lipinski definition) is 3. The van der Waals surface area contributed by atoms with E-state index in [9.17, 15) is 9.90 Å². The van der Waals surface area contributed by atoms with Crippen LogP contribution in [0.15, 0.2) is 12.4 Å². The molecule has 0 spiro atoms. The van der Waals surface area contributed by atoms with Crippen molar-refractivity contribution < 1.29 is 9.90 Å². The number of aliphatic carboxylic acids is 1. The van der Waals surface area contributed by atoms with Gasteiger partial charge in [-0.1, -0.05) is 13.8 Å². The van der Waals surface area contributed by atoms with Crippen LogP contribution in [-0.2, 0) is 11.3 Å². The lowest BCUT2D eigenvalue weighted by molar-refractivity contribution is -0.149. The lowest BCUT2D eigenvalue weighted by Crippen LogP contribution is -2.39. The number of carboxylic acids is 1. The molecule has 1 heterocycles. The number of rotatable bonds is 8. The van der Waals surface area contributed by atoms with E-state index in [1.54, 1.807) is 0 Å². The highest BCUT2D eigenvalue weighted by atomic mass is 16.4. The molecule has 0 saturated heterocycles. The Bertz CT molecular complexity index is 409. The first kappa shape index (κ1) is 15.7. The molecule has 0 radical (unpaired) electrons. The average molecular weight is 267 g/mol. The standard InChI is InChI=1S/C14H25N3O2/c1-5-14(6-2,13(18)19)10-15-7-12-8-16-17(9-12)11(3)4/h8-9,11,15H,5-7,10H2,1-4H3,(H,18,19). The van der Waals surface area contributed by atoms with Crippen molar-refractivity contribution in [3.8, 4) is 0 Å². The Hall–Kier alpha value is -1.36. The van der Waals surface area contributed by atoms with Crippen LogP contribution in [0.4, 0.5) is 0 Å². The van der Waals surface area contributed by atoms with Gasteiger partial charge in [0.25, 0.3) is 0 Å². The van der Waals surface area contributed by atoms with Crippen LogP contribution in [0.5, 0.6) is 0 Å². The topological polar surface area (TPSA) is 67.2 Å². The molecule has 0 fully saturated rings. The maximum atomic E-state index is 11.4. The summed E-state index contributed by atoms with van der Waals surface area (Å²) < 4.78 is 1.90. The predicted octanol–water partition coefficient (Wildman–Crippen LogP) is 2.44. The molecular formula is C14H25N3O2. The zero-order chi connectivity index (χ0) is 14.5. The Kier molecular flexibility index (Phi) is 5.54. The second-order valence-electron chi connectivity index (χ2n) is 5.32. The number of nitrogens with zero attached hydrogens (tertiary/aromatic N) is 2. The first-order valence-corrected chi connectivity index (χ1v) is 6.92. The summed E-state index contributed by atoms with van der Waals surface area (Å²) in [6.07, 6.45) is 5.10. The van der Waals surface area contributed by atoms with Crippen LogP contribution in [-0.4, -0.2) is 27.4 Å². The molecule has 0 aromatic carbocycles. The van der Waals surface area contributed by atoms with Crippen molar-refractivity contribution >= 4 is 5.97 Å². The molecule has 1 rings (SSSR count). The van der Waals surface area contributed by atoms with Gasteiger partial charge >= 0.3 is 5.97 Å². The van der Waals surface area contributed by atoms with Crippen molar-refractivity contribution in [1.29, 1.82) is 0 Å². The minimum atomic E-state index is -0.720. The highest BCUT2D eigenvalue weighted by Gasteiger charge is 2.34. The molecule has 5 nitrogen and oxygen atoms in total. The van der Waals surface area contributed by atoms with Crippen molar-refractivity contribution in [2.24, 2.45) is 5.41 Å². The van der Waals surface area contributed by atoms with Crippen LogP contribution < -0.4 is 5.32 Å². The molecule has 0 amide bonds. The first-order valence-electron chi connectivity index (χ1n) is 6.92. The van der Waals surface area contributed by atoms with Crippen molar-refractivity contribution in [3.05, 3.63) is 18.0 Å². The summed E-state index contributed by atoms with van der Waals surface area (Å²) in [4.78, 5) is 11.4. The summed E-state index contributed by atoms with van der Waals surface area (Å²) in [6, 6.07) is 0.346. The second kappa shape index (κ2) is 6.70. The van der Waals surface area contributed by atoms with Crippen LogP contribution in [0.2, 0.25) is 0 Å². The van der Waals surface area contributed by atoms with E-state index in [1.807, 2.05) is 30.9 Å². The number of hydrogen-bond donors (Lipinski definition) is 2. The van der Waals surface area contributed by atoms with Crippen molar-refractivity contribution in [3.63, 3.8) is 0 Å². The van der Waals surface area contributed by atoms with E-state index < -0.39 is 11.4 Å². The van der Waals surface area contributed by atoms with Gasteiger partial charge in [-0.25, -0.2) is 0 Å². The molecule has 5 heteroatoms. The summed E-state index contributed by atoms with van der Waals surface area (Å²) in [5.74, 6) is -0.720. The Balaban J connectivity index is 2.54. The number of carbonyl (C=O) groups is 1. The average Bonchev–Trinajstić information content (AvgIpc) is 2.83. The van der Waals surface area contributed by atoms with Gasteiger partial charge in [0, 0.05) is 30.9 Å². The lowest BCUT2D eigenvalue weighted by atomic mass is 9.82. The fraction of sp³-hybridized carbons (Fsp3) is 0.714. The van der Waals surface area contributed by atoms with Gasteiger partial charge < -0.3 is 10.4 Å². The monoisotopic (exact) mass is 267 g/mol. The molecule has 0 atom stereocenters. The molecule has 2 N–H and O–H groups in total. The van der Waals surface area contributed by atoms with E-state index in [0.717, 1.165) is 5.56 Å². The van der Waals surface area contributed by atoms with Crippen molar-refractivity contribution in [2.75, 3.05) is 6.54 Å². The SMILES string of the molecule is CCC(CC)(CNCc1cnn(C(C)C)c1)C(=O)O. The first-order chi connectivity index (χ1) is 8.95. The molecule has 0 aliphatic heterocycles. The Morgan fingerprint density at radius 2 is 2.11 bits per heavy atom. The van der Waals surface area contributed by atoms with Crippen LogP contribution >= 0.6 is 0 Å². The summed E-state index contributed by atoms with van der Waals surface area (Å²) >= 11 is 0. The normalized spacial score (nSPS) is 12.1. The number of aromatic nitrogens is 2. The highest BCUT2D eigenvalue weighted by Crippen LogP contribution is 2.25. The number of nitrogens with one attached hydrogen (secondary N) is 1. The third-order valence-electron chi connectivity index (χ3n) is 3.78. The van der Waals surface area contributed by atoms with Gasteiger partial charge in [-0.3, -0.25) is 9.48 Å². The summed E-state index contributed by atoms with van der Waals surface area (Å²) in [7, 11) is 0. The van der Waals surface area contributed by atoms with Gasteiger partial charge in [-0.05, 0) is 26.7 Å². The molecule has 1 aromatic heterocycles. The predicted molar refractivity (Wildman–Crippen MR) is 75.0 cm³/mol. The van der Waals surface area contributed by atoms with Gasteiger partial charge in [0.1, 0.15) is 0 Å². The second-order valence-corrected chi connectivity index (χ2v) is 5.32. The van der Waals surface area contributed by atoms with Gasteiger partial charge in [0.15, 0.2) is 0 Å². The van der Waals surface area contributed by atoms with Gasteiger partial charge in [-0.2, -0.15) is 5.10 Å². The Morgan fingerprint density at radius 1 is 1.47 bits per heavy atom. The minimum absolute atomic E-state index is 0.346. The van der Waals surface area contributed by atoms with Crippen molar-refractivity contribution in [2.45, 2.75) is 53.1 Å². The molecule has 0 unspecified atom stereocenters. The summed E-state index contributed by atoms with van der Waals surface area (Å²) in [6.45, 7) is 9.15. The Labute approximate surface area is 115 Å². The van der Waals surface area contributed by atoms with Crippen LogP contribution in [0.3, 0.4) is 0 Å². The van der Waals surface area contributed by atoms with Crippen LogP contribution in [0.1, 0.15) is 52.1 Å². The van der Waals surface area contributed by atoms with E-state index in [0.29, 0.717) is 32.0 Å². The Morgan fingerprint density at radius 3 is 2.53 bits per heavy atom. The zero-order valence-corrected chi connectivity index (χ0v) is 12.3. The minimum Gasteiger partial charge on any atom is -0.481 e. The van der Waals surface area contributed by atoms with E-state index in [-0.39, 0.29) is 0 Å². The van der Waals surface area contributed by atoms with Crippen LogP contribution in [0.25, 0.3) is 0 Å². The molecule has 0 aliphatic rings. The van der Waals surface area contributed by atoms with Gasteiger partial charge in [-0.15, -0.1) is 0 Å². The molecule has 19 heavy (non-hydrogen) atoms. The highest BCUT2D eigenvalue weighted by molar-refractivity contribution is 5.74. The van der Waals surface area contributed by atoms with Gasteiger partial charge in [0.2, 0.25) is 0 Å². The fourth-order valence-corrected chi connectivity index (χ4v) is 2.08. The maximum Gasteiger partial charge on any atom is 0.310 e. The molecule has 0 saturated carbocycles. The molecule has 0 aliphatic carbocycles. The van der Waals surface area contributed by atoms with Gasteiger partial charge in [0.05, 0.1) is 11.6 Å². The molecule has 108 valence electrons. The molecule has 0 bridgehead atoms. The third kappa shape index (κ3) is 3.80. The quantitative estimate of drug-likeness (QED) is 0.759. The lowest BCUT2D eigenvalue weighted by Gasteiger charge is -2.26. The third-order valence-corrected chi connectivity index (χ3v) is 3.78. The van der Waals surface area contributed by atoms with E-state index in [1.165, 1.54) is 0 Å².